The van der Waals surface area contributed by atoms with Gasteiger partial charge in [-0.2, -0.15) is 0 Å². The first-order valence-corrected chi connectivity index (χ1v) is 7.03. The Morgan fingerprint density at radius 2 is 2.36 bits per heavy atom. The molecule has 0 saturated heterocycles. The lowest BCUT2D eigenvalue weighted by atomic mass is 9.99. The average Bonchev–Trinajstić information content (AvgIpc) is 3.07. The summed E-state index contributed by atoms with van der Waals surface area (Å²) in [6.07, 6.45) is 0.496. The van der Waals surface area contributed by atoms with Gasteiger partial charge < -0.3 is 19.9 Å². The predicted octanol–water partition coefficient (Wildman–Crippen LogP) is 1.74. The number of imidazole rings is 1. The van der Waals surface area contributed by atoms with Crippen LogP contribution < -0.4 is 10.1 Å². The molecular formula is C15H18N4O3. The molecule has 0 bridgehead atoms. The first-order valence-electron chi connectivity index (χ1n) is 7.03. The van der Waals surface area contributed by atoms with Crippen molar-refractivity contribution in [2.75, 3.05) is 7.11 Å². The highest BCUT2D eigenvalue weighted by Gasteiger charge is 2.40. The third-order valence-electron chi connectivity index (χ3n) is 3.63. The van der Waals surface area contributed by atoms with E-state index in [1.807, 2.05) is 25.1 Å². The first-order chi connectivity index (χ1) is 10.5. The number of rotatable bonds is 4. The molecule has 0 spiro atoms. The molecule has 0 radical (unpaired) electrons. The van der Waals surface area contributed by atoms with Gasteiger partial charge in [-0.1, -0.05) is 5.16 Å². The predicted molar refractivity (Wildman–Crippen MR) is 81.7 cm³/mol. The number of aromatic amines is 1. The minimum Gasteiger partial charge on any atom is -0.497 e. The van der Waals surface area contributed by atoms with Crippen LogP contribution in [-0.4, -0.2) is 34.3 Å². The highest BCUT2D eigenvalue weighted by Crippen LogP contribution is 2.23. The number of hydrogen-bond acceptors (Lipinski definition) is 5. The Labute approximate surface area is 127 Å². The number of benzene rings is 1. The number of methoxy groups -OCH3 is 1. The Morgan fingerprint density at radius 3 is 3.05 bits per heavy atom. The molecule has 2 N–H and O–H groups in total. The summed E-state index contributed by atoms with van der Waals surface area (Å²) in [5, 5.41) is 6.67. The van der Waals surface area contributed by atoms with Crippen LogP contribution in [-0.2, 0) is 16.2 Å². The van der Waals surface area contributed by atoms with Gasteiger partial charge in [-0.15, -0.1) is 0 Å². The quantitative estimate of drug-likeness (QED) is 0.900. The number of carbonyl (C=O) groups excluding carboxylic acids is 1. The third kappa shape index (κ3) is 2.61. The van der Waals surface area contributed by atoms with Crippen LogP contribution in [0.1, 0.15) is 26.1 Å². The first kappa shape index (κ1) is 14.4. The van der Waals surface area contributed by atoms with Gasteiger partial charge in [0.15, 0.2) is 0 Å². The smallest absolute Gasteiger partial charge is 0.267 e. The standard InChI is InChI=1S/C15H18N4O3/c1-9-7-15(2,22-19-9)14(20)16-8-13-17-11-5-4-10(21-3)6-12(11)18-13/h4-6H,7-8H2,1-3H3,(H,16,20)(H,17,18)/t15-/m0/s1. The number of H-pyrrole nitrogens is 1. The maximum atomic E-state index is 12.2. The minimum absolute atomic E-state index is 0.203. The molecule has 1 atom stereocenters. The highest BCUT2D eigenvalue weighted by molar-refractivity contribution is 5.94. The van der Waals surface area contributed by atoms with Crippen LogP contribution in [0.15, 0.2) is 23.4 Å². The summed E-state index contributed by atoms with van der Waals surface area (Å²) >= 11 is 0. The van der Waals surface area contributed by atoms with Crippen LogP contribution >= 0.6 is 0 Å². The number of amides is 1. The maximum Gasteiger partial charge on any atom is 0.267 e. The maximum absolute atomic E-state index is 12.2. The van der Waals surface area contributed by atoms with Gasteiger partial charge in [-0.25, -0.2) is 4.98 Å². The lowest BCUT2D eigenvalue weighted by Gasteiger charge is -2.19. The summed E-state index contributed by atoms with van der Waals surface area (Å²) < 4.78 is 5.17. The molecule has 7 heteroatoms. The Morgan fingerprint density at radius 1 is 1.55 bits per heavy atom. The van der Waals surface area contributed by atoms with Gasteiger partial charge in [0, 0.05) is 12.5 Å². The molecule has 1 aromatic heterocycles. The molecule has 0 aliphatic carbocycles. The van der Waals surface area contributed by atoms with Crippen molar-refractivity contribution >= 4 is 22.7 Å². The molecule has 1 aromatic carbocycles. The van der Waals surface area contributed by atoms with E-state index in [0.29, 0.717) is 18.8 Å². The van der Waals surface area contributed by atoms with Crippen molar-refractivity contribution in [3.05, 3.63) is 24.0 Å². The fourth-order valence-electron chi connectivity index (χ4n) is 2.46. The van der Waals surface area contributed by atoms with E-state index in [2.05, 4.69) is 20.4 Å². The Bertz CT molecular complexity index is 752. The van der Waals surface area contributed by atoms with E-state index in [4.69, 9.17) is 9.57 Å². The molecule has 1 amide bonds. The zero-order valence-corrected chi connectivity index (χ0v) is 12.8. The van der Waals surface area contributed by atoms with Crippen molar-refractivity contribution in [2.45, 2.75) is 32.4 Å². The zero-order valence-electron chi connectivity index (χ0n) is 12.8. The van der Waals surface area contributed by atoms with Crippen LogP contribution in [0.25, 0.3) is 11.0 Å². The van der Waals surface area contributed by atoms with E-state index in [1.165, 1.54) is 0 Å². The molecule has 0 unspecified atom stereocenters. The third-order valence-corrected chi connectivity index (χ3v) is 3.63. The Balaban J connectivity index is 1.67. The zero-order chi connectivity index (χ0) is 15.7. The molecule has 0 fully saturated rings. The second-order valence-corrected chi connectivity index (χ2v) is 5.57. The molecule has 1 aliphatic rings. The summed E-state index contributed by atoms with van der Waals surface area (Å²) in [6, 6.07) is 5.58. The minimum atomic E-state index is -0.931. The lowest BCUT2D eigenvalue weighted by molar-refractivity contribution is -0.141. The number of fused-ring (bicyclic) bond motifs is 1. The Hall–Kier alpha value is -2.57. The van der Waals surface area contributed by atoms with Gasteiger partial charge in [-0.3, -0.25) is 4.79 Å². The van der Waals surface area contributed by atoms with E-state index in [9.17, 15) is 4.79 Å². The number of carbonyl (C=O) groups is 1. The molecular weight excluding hydrogens is 284 g/mol. The fraction of sp³-hybridized carbons (Fsp3) is 0.400. The number of aromatic nitrogens is 2. The van der Waals surface area contributed by atoms with E-state index in [0.717, 1.165) is 22.5 Å². The van der Waals surface area contributed by atoms with E-state index in [1.54, 1.807) is 14.0 Å². The van der Waals surface area contributed by atoms with Crippen LogP contribution in [0.3, 0.4) is 0 Å². The van der Waals surface area contributed by atoms with Crippen molar-refractivity contribution in [1.82, 2.24) is 15.3 Å². The molecule has 2 aromatic rings. The number of nitrogens with one attached hydrogen (secondary N) is 2. The normalized spacial score (nSPS) is 20.6. The summed E-state index contributed by atoms with van der Waals surface area (Å²) in [5.74, 6) is 1.23. The van der Waals surface area contributed by atoms with Crippen LogP contribution in [0.4, 0.5) is 0 Å². The Kier molecular flexibility index (Phi) is 3.48. The van der Waals surface area contributed by atoms with Gasteiger partial charge in [0.2, 0.25) is 5.60 Å². The van der Waals surface area contributed by atoms with Gasteiger partial charge in [-0.05, 0) is 26.0 Å². The van der Waals surface area contributed by atoms with Gasteiger partial charge in [0.1, 0.15) is 11.6 Å². The highest BCUT2D eigenvalue weighted by atomic mass is 16.7. The molecule has 1 aliphatic heterocycles. The summed E-state index contributed by atoms with van der Waals surface area (Å²) in [4.78, 5) is 25.0. The number of oxime groups is 1. The lowest BCUT2D eigenvalue weighted by Crippen LogP contribution is -2.44. The summed E-state index contributed by atoms with van der Waals surface area (Å²) in [5.41, 5.74) is 1.58. The van der Waals surface area contributed by atoms with Crippen molar-refractivity contribution in [1.29, 1.82) is 0 Å². The van der Waals surface area contributed by atoms with Gasteiger partial charge in [0.25, 0.3) is 5.91 Å². The molecule has 0 saturated carbocycles. The van der Waals surface area contributed by atoms with Crippen molar-refractivity contribution in [3.63, 3.8) is 0 Å². The van der Waals surface area contributed by atoms with E-state index in [-0.39, 0.29) is 5.91 Å². The van der Waals surface area contributed by atoms with Gasteiger partial charge in [0.05, 0.1) is 30.4 Å². The van der Waals surface area contributed by atoms with Crippen LogP contribution in [0.2, 0.25) is 0 Å². The van der Waals surface area contributed by atoms with E-state index < -0.39 is 5.60 Å². The number of nitrogens with zero attached hydrogens (tertiary/aromatic N) is 2. The summed E-state index contributed by atoms with van der Waals surface area (Å²) in [7, 11) is 1.62. The van der Waals surface area contributed by atoms with Crippen molar-refractivity contribution in [3.8, 4) is 5.75 Å². The van der Waals surface area contributed by atoms with Crippen molar-refractivity contribution < 1.29 is 14.4 Å². The molecule has 3 rings (SSSR count). The largest absolute Gasteiger partial charge is 0.497 e. The SMILES string of the molecule is COc1ccc2nc(CNC(=O)[C@]3(C)CC(C)=NO3)[nH]c2c1. The topological polar surface area (TPSA) is 88.6 Å². The van der Waals surface area contributed by atoms with Crippen LogP contribution in [0, 0.1) is 0 Å². The second kappa shape index (κ2) is 5.32. The fourth-order valence-corrected chi connectivity index (χ4v) is 2.46. The molecule has 7 nitrogen and oxygen atoms in total. The van der Waals surface area contributed by atoms with Gasteiger partial charge >= 0.3 is 0 Å². The monoisotopic (exact) mass is 302 g/mol. The average molecular weight is 302 g/mol. The summed E-state index contributed by atoms with van der Waals surface area (Å²) in [6.45, 7) is 3.87. The number of ether oxygens (including phenoxy) is 1. The number of hydrogen-bond donors (Lipinski definition) is 2. The molecule has 22 heavy (non-hydrogen) atoms. The molecule has 2 heterocycles. The van der Waals surface area contributed by atoms with E-state index >= 15 is 0 Å². The second-order valence-electron chi connectivity index (χ2n) is 5.57. The van der Waals surface area contributed by atoms with Crippen molar-refractivity contribution in [2.24, 2.45) is 5.16 Å². The van der Waals surface area contributed by atoms with Crippen LogP contribution in [0.5, 0.6) is 5.75 Å². The molecule has 116 valence electrons.